The summed E-state index contributed by atoms with van der Waals surface area (Å²) in [6.45, 7) is 5.38. The Balaban J connectivity index is 1.27. The Morgan fingerprint density at radius 3 is 2.58 bits per heavy atom. The third kappa shape index (κ3) is 4.27. The van der Waals surface area contributed by atoms with Gasteiger partial charge in [-0.2, -0.15) is 0 Å². The minimum absolute atomic E-state index is 0.758. The molecule has 36 heavy (non-hydrogen) atoms. The van der Waals surface area contributed by atoms with E-state index in [2.05, 4.69) is 45.7 Å². The van der Waals surface area contributed by atoms with Crippen LogP contribution in [0.5, 0.6) is 5.75 Å². The van der Waals surface area contributed by atoms with Crippen LogP contribution in [0.3, 0.4) is 0 Å². The second kappa shape index (κ2) is 9.39. The molecule has 0 saturated carbocycles. The largest absolute Gasteiger partial charge is 0.494 e. The standard InChI is InChI=1S/C28H28N6O2/c1-20-17-34(19-29-20)26-10-7-22(16-27(26)35-2)30-24-4-3-11-33-18-25(31-28(24)33)21-5-8-23(9-6-21)32-12-14-36-15-13-32/h3-11,16-19,30H,12-15H2,1-2H3. The number of anilines is 3. The monoisotopic (exact) mass is 480 g/mol. The van der Waals surface area contributed by atoms with E-state index in [0.29, 0.717) is 0 Å². The van der Waals surface area contributed by atoms with Crippen LogP contribution >= 0.6 is 0 Å². The number of aryl methyl sites for hydroxylation is 1. The van der Waals surface area contributed by atoms with E-state index >= 15 is 0 Å². The number of rotatable bonds is 6. The average molecular weight is 481 g/mol. The molecule has 0 bridgehead atoms. The van der Waals surface area contributed by atoms with Gasteiger partial charge in [-0.15, -0.1) is 0 Å². The van der Waals surface area contributed by atoms with Crippen LogP contribution in [0.1, 0.15) is 5.69 Å². The Bertz CT molecular complexity index is 1500. The summed E-state index contributed by atoms with van der Waals surface area (Å²) in [5.74, 6) is 0.758. The molecule has 1 N–H and O–H groups in total. The van der Waals surface area contributed by atoms with Crippen molar-refractivity contribution in [3.05, 3.63) is 85.2 Å². The maximum atomic E-state index is 5.67. The molecule has 8 heteroatoms. The van der Waals surface area contributed by atoms with Crippen LogP contribution in [0, 0.1) is 6.92 Å². The van der Waals surface area contributed by atoms with Gasteiger partial charge in [-0.25, -0.2) is 9.97 Å². The van der Waals surface area contributed by atoms with Gasteiger partial charge in [0.05, 0.1) is 49.4 Å². The van der Waals surface area contributed by atoms with Gasteiger partial charge in [0.2, 0.25) is 0 Å². The lowest BCUT2D eigenvalue weighted by atomic mass is 10.1. The van der Waals surface area contributed by atoms with Crippen molar-refractivity contribution in [3.63, 3.8) is 0 Å². The van der Waals surface area contributed by atoms with E-state index in [1.165, 1.54) is 5.69 Å². The smallest absolute Gasteiger partial charge is 0.161 e. The van der Waals surface area contributed by atoms with Gasteiger partial charge in [0.15, 0.2) is 5.65 Å². The lowest BCUT2D eigenvalue weighted by Crippen LogP contribution is -2.36. The van der Waals surface area contributed by atoms with Crippen LogP contribution in [0.25, 0.3) is 22.6 Å². The zero-order valence-electron chi connectivity index (χ0n) is 20.4. The number of morpholine rings is 1. The molecule has 0 spiro atoms. The first-order chi connectivity index (χ1) is 17.7. The van der Waals surface area contributed by atoms with Crippen molar-refractivity contribution in [2.75, 3.05) is 43.6 Å². The van der Waals surface area contributed by atoms with Crippen LogP contribution in [-0.2, 0) is 4.74 Å². The van der Waals surface area contributed by atoms with Gasteiger partial charge in [-0.1, -0.05) is 12.1 Å². The van der Waals surface area contributed by atoms with Crippen molar-refractivity contribution >= 4 is 22.7 Å². The van der Waals surface area contributed by atoms with E-state index in [0.717, 1.165) is 71.7 Å². The highest BCUT2D eigenvalue weighted by atomic mass is 16.5. The Kier molecular flexibility index (Phi) is 5.79. The number of benzene rings is 2. The van der Waals surface area contributed by atoms with E-state index in [1.54, 1.807) is 13.4 Å². The SMILES string of the molecule is COc1cc(Nc2cccn3cc(-c4ccc(N5CCOCC5)cc4)nc23)ccc1-n1cnc(C)c1. The molecule has 1 fully saturated rings. The first-order valence-corrected chi connectivity index (χ1v) is 12.0. The summed E-state index contributed by atoms with van der Waals surface area (Å²) < 4.78 is 15.2. The van der Waals surface area contributed by atoms with Crippen LogP contribution in [0.4, 0.5) is 17.1 Å². The molecule has 0 unspecified atom stereocenters. The topological polar surface area (TPSA) is 68.8 Å². The lowest BCUT2D eigenvalue weighted by Gasteiger charge is -2.28. The van der Waals surface area contributed by atoms with E-state index < -0.39 is 0 Å². The fraction of sp³-hybridized carbons (Fsp3) is 0.214. The number of aromatic nitrogens is 4. The number of fused-ring (bicyclic) bond motifs is 1. The second-order valence-electron chi connectivity index (χ2n) is 8.86. The predicted octanol–water partition coefficient (Wildman–Crippen LogP) is 5.08. The van der Waals surface area contributed by atoms with Gasteiger partial charge in [0.25, 0.3) is 0 Å². The Labute approximate surface area is 209 Å². The number of nitrogens with one attached hydrogen (secondary N) is 1. The third-order valence-corrected chi connectivity index (χ3v) is 6.47. The maximum Gasteiger partial charge on any atom is 0.161 e. The van der Waals surface area contributed by atoms with Gasteiger partial charge >= 0.3 is 0 Å². The first kappa shape index (κ1) is 22.2. The van der Waals surface area contributed by atoms with E-state index in [9.17, 15) is 0 Å². The molecule has 4 heterocycles. The average Bonchev–Trinajstić information content (AvgIpc) is 3.56. The van der Waals surface area contributed by atoms with Gasteiger partial charge < -0.3 is 28.7 Å². The van der Waals surface area contributed by atoms with Gasteiger partial charge in [-0.05, 0) is 43.3 Å². The van der Waals surface area contributed by atoms with Crippen LogP contribution in [0.15, 0.2) is 79.5 Å². The number of nitrogens with zero attached hydrogens (tertiary/aromatic N) is 5. The number of hydrogen-bond donors (Lipinski definition) is 1. The van der Waals surface area contributed by atoms with Crippen LogP contribution in [0.2, 0.25) is 0 Å². The summed E-state index contributed by atoms with van der Waals surface area (Å²) in [7, 11) is 1.68. The molecule has 182 valence electrons. The van der Waals surface area contributed by atoms with Crippen molar-refractivity contribution in [3.8, 4) is 22.7 Å². The number of imidazole rings is 2. The fourth-order valence-corrected chi connectivity index (χ4v) is 4.59. The summed E-state index contributed by atoms with van der Waals surface area (Å²) in [6.07, 6.45) is 7.85. The molecule has 2 aromatic carbocycles. The predicted molar refractivity (Wildman–Crippen MR) is 142 cm³/mol. The van der Waals surface area contributed by atoms with Gasteiger partial charge in [0, 0.05) is 54.7 Å². The fourth-order valence-electron chi connectivity index (χ4n) is 4.59. The molecule has 0 aliphatic carbocycles. The highest BCUT2D eigenvalue weighted by molar-refractivity contribution is 5.78. The molecule has 1 aliphatic heterocycles. The van der Waals surface area contributed by atoms with Gasteiger partial charge in [0.1, 0.15) is 5.75 Å². The van der Waals surface area contributed by atoms with Crippen molar-refractivity contribution in [1.82, 2.24) is 18.9 Å². The van der Waals surface area contributed by atoms with Crippen molar-refractivity contribution < 1.29 is 9.47 Å². The van der Waals surface area contributed by atoms with Crippen molar-refractivity contribution in [1.29, 1.82) is 0 Å². The number of hydrogen-bond acceptors (Lipinski definition) is 6. The zero-order chi connectivity index (χ0) is 24.5. The quantitative estimate of drug-likeness (QED) is 0.365. The number of methoxy groups -OCH3 is 1. The minimum Gasteiger partial charge on any atom is -0.494 e. The Hall–Kier alpha value is -4.30. The molecule has 3 aromatic heterocycles. The highest BCUT2D eigenvalue weighted by Gasteiger charge is 2.13. The van der Waals surface area contributed by atoms with E-state index in [1.807, 2.05) is 58.6 Å². The summed E-state index contributed by atoms with van der Waals surface area (Å²) in [5.41, 5.74) is 7.82. The third-order valence-electron chi connectivity index (χ3n) is 6.47. The molecular formula is C28H28N6O2. The summed E-state index contributed by atoms with van der Waals surface area (Å²) in [5, 5.41) is 3.52. The molecular weight excluding hydrogens is 452 g/mol. The van der Waals surface area contributed by atoms with Crippen LogP contribution in [-0.4, -0.2) is 52.3 Å². The van der Waals surface area contributed by atoms with E-state index in [4.69, 9.17) is 14.5 Å². The minimum atomic E-state index is 0.758. The highest BCUT2D eigenvalue weighted by Crippen LogP contribution is 2.31. The summed E-state index contributed by atoms with van der Waals surface area (Å²) >= 11 is 0. The summed E-state index contributed by atoms with van der Waals surface area (Å²) in [4.78, 5) is 11.6. The number of pyridine rings is 1. The molecule has 0 atom stereocenters. The molecule has 6 rings (SSSR count). The zero-order valence-corrected chi connectivity index (χ0v) is 20.4. The molecule has 5 aromatic rings. The molecule has 0 amide bonds. The second-order valence-corrected chi connectivity index (χ2v) is 8.86. The van der Waals surface area contributed by atoms with Gasteiger partial charge in [-0.3, -0.25) is 0 Å². The lowest BCUT2D eigenvalue weighted by molar-refractivity contribution is 0.122. The molecule has 0 radical (unpaired) electrons. The normalized spacial score (nSPS) is 13.8. The molecule has 1 aliphatic rings. The molecule has 1 saturated heterocycles. The Morgan fingerprint density at radius 1 is 1.00 bits per heavy atom. The van der Waals surface area contributed by atoms with E-state index in [-0.39, 0.29) is 0 Å². The molecule has 8 nitrogen and oxygen atoms in total. The Morgan fingerprint density at radius 2 is 1.83 bits per heavy atom. The first-order valence-electron chi connectivity index (χ1n) is 12.0. The van der Waals surface area contributed by atoms with Crippen molar-refractivity contribution in [2.45, 2.75) is 6.92 Å². The van der Waals surface area contributed by atoms with Crippen molar-refractivity contribution in [2.24, 2.45) is 0 Å². The van der Waals surface area contributed by atoms with Crippen LogP contribution < -0.4 is 15.0 Å². The number of ether oxygens (including phenoxy) is 2. The maximum absolute atomic E-state index is 5.67. The summed E-state index contributed by atoms with van der Waals surface area (Å²) in [6, 6.07) is 18.7.